The molecule has 2 fully saturated rings. The molecule has 10 nitrogen and oxygen atoms in total. The van der Waals surface area contributed by atoms with E-state index in [0.29, 0.717) is 37.3 Å². The lowest BCUT2D eigenvalue weighted by molar-refractivity contribution is -0.142. The number of aromatic amines is 2. The van der Waals surface area contributed by atoms with Crippen molar-refractivity contribution in [3.05, 3.63) is 84.4 Å². The predicted octanol–water partition coefficient (Wildman–Crippen LogP) is 8.76. The summed E-state index contributed by atoms with van der Waals surface area (Å²) in [4.78, 5) is 43.4. The van der Waals surface area contributed by atoms with Crippen molar-refractivity contribution in [2.24, 2.45) is 21.7 Å². The van der Waals surface area contributed by atoms with E-state index in [4.69, 9.17) is 9.97 Å². The average molecular weight is 753 g/mol. The molecule has 0 radical (unpaired) electrons. The largest absolute Gasteiger partial charge is 0.392 e. The number of H-pyrrole nitrogens is 2. The maximum atomic E-state index is 13.6. The Bertz CT molecular complexity index is 1890. The van der Waals surface area contributed by atoms with Crippen molar-refractivity contribution in [1.82, 2.24) is 30.6 Å². The number of nitrogens with one attached hydrogen (secondary N) is 4. The Balaban J connectivity index is 1.29. The van der Waals surface area contributed by atoms with Gasteiger partial charge in [-0.1, -0.05) is 116 Å². The zero-order valence-corrected chi connectivity index (χ0v) is 34.5. The topological polar surface area (TPSA) is 156 Å². The summed E-state index contributed by atoms with van der Waals surface area (Å²) in [6, 6.07) is 7.52. The van der Waals surface area contributed by atoms with Crippen LogP contribution in [0.25, 0.3) is 22.4 Å². The first kappa shape index (κ1) is 41.9. The fourth-order valence-corrected chi connectivity index (χ4v) is 7.89. The zero-order valence-electron chi connectivity index (χ0n) is 34.5. The van der Waals surface area contributed by atoms with Crippen LogP contribution in [0.4, 0.5) is 0 Å². The molecule has 0 spiro atoms. The molecule has 2 aliphatic rings. The van der Waals surface area contributed by atoms with E-state index in [-0.39, 0.29) is 34.7 Å². The minimum atomic E-state index is -0.821. The molecule has 2 aromatic heterocycles. The second-order valence-electron chi connectivity index (χ2n) is 18.5. The standard InChI is InChI=1S/C45H64N6O4/c1-11-29(32-26-46-38(48-32)36(42(3,4)5)50-40(54)44(9)24-14-12-16-34(44)52)19-18-28(2)30-20-22-31(23-21-30)33-27-47-39(49-33)37(43(6,7)8)51-41(55)45(10)25-15-13-17-35(45)53/h11,18-23,26-27,34-37,52-53H,1,12-17,24-25H2,2-10H3,(H,46,48)(H,47,49)(H,50,54)(H,51,55)/b28-18+,29-19+/t34?,35?,36-,37-,44?,45?/m1/s1. The molecule has 4 unspecified atom stereocenters. The van der Waals surface area contributed by atoms with Crippen LogP contribution in [0, 0.1) is 21.7 Å². The van der Waals surface area contributed by atoms with Crippen molar-refractivity contribution in [3.8, 4) is 11.3 Å². The van der Waals surface area contributed by atoms with Gasteiger partial charge in [-0.3, -0.25) is 9.59 Å². The number of aliphatic hydroxyl groups excluding tert-OH is 2. The summed E-state index contributed by atoms with van der Waals surface area (Å²) in [5.41, 5.74) is 3.32. The Morgan fingerprint density at radius 3 is 1.76 bits per heavy atom. The third kappa shape index (κ3) is 9.24. The summed E-state index contributed by atoms with van der Waals surface area (Å²) in [7, 11) is 0. The average Bonchev–Trinajstić information content (AvgIpc) is 3.82. The number of imidazole rings is 2. The number of carbonyl (C=O) groups is 2. The lowest BCUT2D eigenvalue weighted by Gasteiger charge is -2.39. The second kappa shape index (κ2) is 16.4. The number of hydrogen-bond donors (Lipinski definition) is 6. The van der Waals surface area contributed by atoms with Crippen molar-refractivity contribution >= 4 is 23.0 Å². The SMILES string of the molecule is C=C/C(=C\C=C(/C)c1ccc(-c2cnc([C@@H](NC(=O)C3(C)CCCCC3O)C(C)(C)C)[nH]2)cc1)c1cnc([C@@H](NC(=O)C2(C)CCCCC2O)C(C)(C)C)[nH]1. The van der Waals surface area contributed by atoms with Crippen LogP contribution in [0.5, 0.6) is 0 Å². The number of amides is 2. The molecule has 55 heavy (non-hydrogen) atoms. The third-order valence-electron chi connectivity index (χ3n) is 12.1. The molecule has 3 aromatic rings. The Morgan fingerprint density at radius 2 is 1.29 bits per heavy atom. The van der Waals surface area contributed by atoms with Gasteiger partial charge in [0.15, 0.2) is 0 Å². The number of rotatable bonds is 11. The van der Waals surface area contributed by atoms with E-state index in [0.717, 1.165) is 59.3 Å². The van der Waals surface area contributed by atoms with Crippen LogP contribution in [0.3, 0.4) is 0 Å². The van der Waals surface area contributed by atoms with E-state index in [9.17, 15) is 19.8 Å². The number of benzene rings is 1. The van der Waals surface area contributed by atoms with Gasteiger partial charge in [-0.2, -0.15) is 0 Å². The quantitative estimate of drug-likeness (QED) is 0.108. The minimum absolute atomic E-state index is 0.130. The number of aliphatic hydroxyl groups is 2. The van der Waals surface area contributed by atoms with Crippen molar-refractivity contribution in [1.29, 1.82) is 0 Å². The van der Waals surface area contributed by atoms with Crippen LogP contribution < -0.4 is 10.6 Å². The van der Waals surface area contributed by atoms with Gasteiger partial charge in [-0.05, 0) is 79.6 Å². The number of aromatic nitrogens is 4. The fourth-order valence-electron chi connectivity index (χ4n) is 7.89. The molecular formula is C45H64N6O4. The van der Waals surface area contributed by atoms with Crippen LogP contribution in [-0.2, 0) is 9.59 Å². The number of hydrogen-bond acceptors (Lipinski definition) is 6. The first-order chi connectivity index (χ1) is 25.8. The maximum Gasteiger partial charge on any atom is 0.229 e. The Hall–Kier alpha value is -4.28. The first-order valence-corrected chi connectivity index (χ1v) is 20.0. The molecule has 2 amide bonds. The molecular weight excluding hydrogens is 689 g/mol. The second-order valence-corrected chi connectivity index (χ2v) is 18.5. The Labute approximate surface area is 327 Å². The number of nitrogens with zero attached hydrogens (tertiary/aromatic N) is 2. The van der Waals surface area contributed by atoms with Crippen molar-refractivity contribution in [2.45, 2.75) is 138 Å². The molecule has 0 saturated heterocycles. The van der Waals surface area contributed by atoms with Gasteiger partial charge in [-0.15, -0.1) is 0 Å². The van der Waals surface area contributed by atoms with Crippen LogP contribution in [0.1, 0.15) is 149 Å². The summed E-state index contributed by atoms with van der Waals surface area (Å²) >= 11 is 0. The number of allylic oxidation sites excluding steroid dienone is 5. The van der Waals surface area contributed by atoms with Gasteiger partial charge in [0.05, 0.1) is 58.9 Å². The Kier molecular flexibility index (Phi) is 12.5. The monoisotopic (exact) mass is 752 g/mol. The third-order valence-corrected chi connectivity index (χ3v) is 12.1. The highest BCUT2D eigenvalue weighted by molar-refractivity contribution is 5.84. The predicted molar refractivity (Wildman–Crippen MR) is 220 cm³/mol. The van der Waals surface area contributed by atoms with Gasteiger partial charge < -0.3 is 30.8 Å². The van der Waals surface area contributed by atoms with Gasteiger partial charge in [0, 0.05) is 0 Å². The van der Waals surface area contributed by atoms with Crippen LogP contribution in [-0.4, -0.2) is 54.2 Å². The molecule has 0 aliphatic heterocycles. The van der Waals surface area contributed by atoms with Gasteiger partial charge in [-0.25, -0.2) is 9.97 Å². The van der Waals surface area contributed by atoms with E-state index in [1.165, 1.54) is 0 Å². The molecule has 0 bridgehead atoms. The highest BCUT2D eigenvalue weighted by Gasteiger charge is 2.45. The first-order valence-electron chi connectivity index (χ1n) is 20.0. The fraction of sp³-hybridized carbons (Fsp3) is 0.556. The van der Waals surface area contributed by atoms with E-state index in [1.807, 2.05) is 26.1 Å². The van der Waals surface area contributed by atoms with Crippen LogP contribution in [0.2, 0.25) is 0 Å². The van der Waals surface area contributed by atoms with Crippen LogP contribution in [0.15, 0.2) is 61.5 Å². The van der Waals surface area contributed by atoms with Crippen molar-refractivity contribution in [2.75, 3.05) is 0 Å². The molecule has 298 valence electrons. The van der Waals surface area contributed by atoms with Crippen LogP contribution >= 0.6 is 0 Å². The van der Waals surface area contributed by atoms with Gasteiger partial charge in [0.25, 0.3) is 0 Å². The zero-order chi connectivity index (χ0) is 40.3. The van der Waals surface area contributed by atoms with Crippen molar-refractivity contribution < 1.29 is 19.8 Å². The Morgan fingerprint density at radius 1 is 0.800 bits per heavy atom. The molecule has 6 N–H and O–H groups in total. The highest BCUT2D eigenvalue weighted by atomic mass is 16.3. The highest BCUT2D eigenvalue weighted by Crippen LogP contribution is 2.41. The summed E-state index contributed by atoms with van der Waals surface area (Å²) in [5.74, 6) is 1.07. The molecule has 5 rings (SSSR count). The lowest BCUT2D eigenvalue weighted by atomic mass is 9.72. The summed E-state index contributed by atoms with van der Waals surface area (Å²) < 4.78 is 0. The van der Waals surface area contributed by atoms with E-state index in [2.05, 4.69) is 106 Å². The van der Waals surface area contributed by atoms with Crippen molar-refractivity contribution in [3.63, 3.8) is 0 Å². The molecule has 1 aromatic carbocycles. The summed E-state index contributed by atoms with van der Waals surface area (Å²) in [6.45, 7) is 22.3. The van der Waals surface area contributed by atoms with E-state index in [1.54, 1.807) is 12.3 Å². The van der Waals surface area contributed by atoms with Gasteiger partial charge in [0.2, 0.25) is 11.8 Å². The lowest BCUT2D eigenvalue weighted by Crippen LogP contribution is -2.51. The van der Waals surface area contributed by atoms with Gasteiger partial charge >= 0.3 is 0 Å². The molecule has 2 heterocycles. The smallest absolute Gasteiger partial charge is 0.229 e. The molecule has 2 aliphatic carbocycles. The van der Waals surface area contributed by atoms with Gasteiger partial charge in [0.1, 0.15) is 11.6 Å². The molecule has 10 heteroatoms. The maximum absolute atomic E-state index is 13.6. The normalized spacial score (nSPS) is 25.2. The molecule has 2 saturated carbocycles. The molecule has 6 atom stereocenters. The van der Waals surface area contributed by atoms with E-state index >= 15 is 0 Å². The summed E-state index contributed by atoms with van der Waals surface area (Å²) in [5, 5.41) is 27.9. The number of carbonyl (C=O) groups excluding carboxylic acids is 2. The van der Waals surface area contributed by atoms with E-state index < -0.39 is 23.0 Å². The summed E-state index contributed by atoms with van der Waals surface area (Å²) in [6.07, 6.45) is 14.5. The minimum Gasteiger partial charge on any atom is -0.392 e.